The summed E-state index contributed by atoms with van der Waals surface area (Å²) in [5, 5.41) is 1.88. The van der Waals surface area contributed by atoms with Crippen molar-refractivity contribution < 1.29 is 0 Å². The van der Waals surface area contributed by atoms with E-state index in [-0.39, 0.29) is 0 Å². The van der Waals surface area contributed by atoms with Gasteiger partial charge in [0.1, 0.15) is 5.82 Å². The molecule has 3 N–H and O–H groups in total. The van der Waals surface area contributed by atoms with Crippen LogP contribution in [0.3, 0.4) is 0 Å². The van der Waals surface area contributed by atoms with E-state index in [0.717, 1.165) is 32.8 Å². The summed E-state index contributed by atoms with van der Waals surface area (Å²) in [5.74, 6) is 0.499. The Balaban J connectivity index is 2.27. The SMILES string of the molecule is Nc1nccc2nc3c(cc12)[nH]c1ccncc13. The molecule has 5 nitrogen and oxygen atoms in total. The zero-order valence-corrected chi connectivity index (χ0v) is 9.38. The van der Waals surface area contributed by atoms with Gasteiger partial charge < -0.3 is 10.7 Å². The summed E-state index contributed by atoms with van der Waals surface area (Å²) < 4.78 is 0. The number of aromatic nitrogens is 4. The minimum absolute atomic E-state index is 0.499. The molecule has 0 aromatic carbocycles. The van der Waals surface area contributed by atoms with E-state index in [4.69, 9.17) is 5.73 Å². The molecule has 4 rings (SSSR count). The molecule has 18 heavy (non-hydrogen) atoms. The van der Waals surface area contributed by atoms with E-state index in [1.54, 1.807) is 12.4 Å². The third kappa shape index (κ3) is 1.13. The number of nitrogen functional groups attached to an aromatic ring is 1. The molecule has 0 bridgehead atoms. The van der Waals surface area contributed by atoms with E-state index < -0.39 is 0 Å². The molecule has 0 saturated carbocycles. The number of nitrogens with one attached hydrogen (secondary N) is 1. The van der Waals surface area contributed by atoms with E-state index in [1.807, 2.05) is 24.4 Å². The third-order valence-corrected chi connectivity index (χ3v) is 3.12. The van der Waals surface area contributed by atoms with Crippen LogP contribution in [-0.2, 0) is 0 Å². The molecule has 0 aliphatic rings. The highest BCUT2D eigenvalue weighted by atomic mass is 14.9. The maximum absolute atomic E-state index is 5.86. The fourth-order valence-corrected chi connectivity index (χ4v) is 2.26. The van der Waals surface area contributed by atoms with Gasteiger partial charge in [-0.1, -0.05) is 0 Å². The predicted octanol–water partition coefficient (Wildman–Crippen LogP) is 2.24. The lowest BCUT2D eigenvalue weighted by Gasteiger charge is -2.00. The van der Waals surface area contributed by atoms with Crippen LogP contribution in [0.15, 0.2) is 36.8 Å². The molecule has 0 unspecified atom stereocenters. The van der Waals surface area contributed by atoms with Crippen molar-refractivity contribution in [3.8, 4) is 0 Å². The summed E-state index contributed by atoms with van der Waals surface area (Å²) >= 11 is 0. The molecule has 0 fully saturated rings. The molecule has 0 atom stereocenters. The first kappa shape index (κ1) is 9.35. The monoisotopic (exact) mass is 235 g/mol. The smallest absolute Gasteiger partial charge is 0.132 e. The molecule has 0 amide bonds. The van der Waals surface area contributed by atoms with Crippen LogP contribution in [0.5, 0.6) is 0 Å². The fourth-order valence-electron chi connectivity index (χ4n) is 2.26. The standard InChI is InChI=1S/C13H9N5/c14-13-7-5-11-12(18-9(7)2-4-16-13)8-6-15-3-1-10(8)17-11/h1-6,17H,(H2,14,16). The van der Waals surface area contributed by atoms with Crippen LogP contribution >= 0.6 is 0 Å². The Hall–Kier alpha value is -2.69. The van der Waals surface area contributed by atoms with Crippen molar-refractivity contribution in [2.45, 2.75) is 0 Å². The van der Waals surface area contributed by atoms with Gasteiger partial charge in [0.05, 0.1) is 22.1 Å². The van der Waals surface area contributed by atoms with Crippen LogP contribution in [0.4, 0.5) is 5.82 Å². The highest BCUT2D eigenvalue weighted by Gasteiger charge is 2.08. The summed E-state index contributed by atoms with van der Waals surface area (Å²) in [6.07, 6.45) is 5.24. The van der Waals surface area contributed by atoms with Gasteiger partial charge in [0.25, 0.3) is 0 Å². The Morgan fingerprint density at radius 3 is 2.94 bits per heavy atom. The largest absolute Gasteiger partial charge is 0.383 e. The average Bonchev–Trinajstić information content (AvgIpc) is 2.75. The lowest BCUT2D eigenvalue weighted by atomic mass is 10.2. The molecule has 0 aliphatic carbocycles. The van der Waals surface area contributed by atoms with Gasteiger partial charge in [-0.05, 0) is 18.2 Å². The van der Waals surface area contributed by atoms with Gasteiger partial charge in [-0.2, -0.15) is 0 Å². The van der Waals surface area contributed by atoms with Crippen molar-refractivity contribution in [3.05, 3.63) is 36.8 Å². The molecule has 4 aromatic rings. The summed E-state index contributed by atoms with van der Waals surface area (Å²) in [6.45, 7) is 0. The van der Waals surface area contributed by atoms with Crippen LogP contribution in [0.2, 0.25) is 0 Å². The van der Waals surface area contributed by atoms with Crippen molar-refractivity contribution in [1.82, 2.24) is 19.9 Å². The molecule has 86 valence electrons. The molecule has 4 aromatic heterocycles. The minimum Gasteiger partial charge on any atom is -0.383 e. The number of hydrogen-bond acceptors (Lipinski definition) is 4. The number of anilines is 1. The van der Waals surface area contributed by atoms with E-state index in [0.29, 0.717) is 5.82 Å². The first-order valence-corrected chi connectivity index (χ1v) is 5.59. The predicted molar refractivity (Wildman–Crippen MR) is 71.1 cm³/mol. The number of pyridine rings is 3. The van der Waals surface area contributed by atoms with Gasteiger partial charge in [0.2, 0.25) is 0 Å². The average molecular weight is 235 g/mol. The molecule has 0 aliphatic heterocycles. The second kappa shape index (κ2) is 3.16. The highest BCUT2D eigenvalue weighted by Crippen LogP contribution is 2.27. The maximum Gasteiger partial charge on any atom is 0.132 e. The number of H-pyrrole nitrogens is 1. The van der Waals surface area contributed by atoms with Crippen molar-refractivity contribution in [1.29, 1.82) is 0 Å². The molecule has 4 heterocycles. The van der Waals surface area contributed by atoms with Crippen LogP contribution in [-0.4, -0.2) is 19.9 Å². The maximum atomic E-state index is 5.86. The normalized spacial score (nSPS) is 11.6. The second-order valence-electron chi connectivity index (χ2n) is 4.19. The Morgan fingerprint density at radius 1 is 1.06 bits per heavy atom. The van der Waals surface area contributed by atoms with Gasteiger partial charge in [0, 0.05) is 29.4 Å². The molecule has 0 saturated heterocycles. The Morgan fingerprint density at radius 2 is 2.00 bits per heavy atom. The van der Waals surface area contributed by atoms with E-state index in [2.05, 4.69) is 19.9 Å². The summed E-state index contributed by atoms with van der Waals surface area (Å²) in [6, 6.07) is 5.78. The number of nitrogens with two attached hydrogens (primary N) is 1. The quantitative estimate of drug-likeness (QED) is 0.489. The lowest BCUT2D eigenvalue weighted by Crippen LogP contribution is -1.92. The van der Waals surface area contributed by atoms with Crippen molar-refractivity contribution >= 4 is 38.7 Å². The molecular weight excluding hydrogens is 226 g/mol. The van der Waals surface area contributed by atoms with Gasteiger partial charge in [-0.15, -0.1) is 0 Å². The van der Waals surface area contributed by atoms with Crippen molar-refractivity contribution in [2.24, 2.45) is 0 Å². The summed E-state index contributed by atoms with van der Waals surface area (Å²) in [7, 11) is 0. The number of hydrogen-bond donors (Lipinski definition) is 2. The lowest BCUT2D eigenvalue weighted by molar-refractivity contribution is 1.35. The number of nitrogens with zero attached hydrogens (tertiary/aromatic N) is 3. The highest BCUT2D eigenvalue weighted by molar-refractivity contribution is 6.08. The first-order chi connectivity index (χ1) is 8.83. The molecule has 0 spiro atoms. The minimum atomic E-state index is 0.499. The Bertz CT molecular complexity index is 894. The summed E-state index contributed by atoms with van der Waals surface area (Å²) in [4.78, 5) is 16.2. The van der Waals surface area contributed by atoms with Crippen LogP contribution < -0.4 is 5.73 Å². The van der Waals surface area contributed by atoms with Crippen molar-refractivity contribution in [3.63, 3.8) is 0 Å². The Labute approximate surface area is 102 Å². The van der Waals surface area contributed by atoms with Gasteiger partial charge in [-0.25, -0.2) is 9.97 Å². The van der Waals surface area contributed by atoms with Crippen LogP contribution in [0, 0.1) is 0 Å². The van der Waals surface area contributed by atoms with E-state index >= 15 is 0 Å². The Kier molecular flexibility index (Phi) is 1.64. The topological polar surface area (TPSA) is 80.5 Å². The van der Waals surface area contributed by atoms with Crippen molar-refractivity contribution in [2.75, 3.05) is 5.73 Å². The third-order valence-electron chi connectivity index (χ3n) is 3.12. The van der Waals surface area contributed by atoms with E-state index in [9.17, 15) is 0 Å². The first-order valence-electron chi connectivity index (χ1n) is 5.59. The number of aromatic amines is 1. The number of fused-ring (bicyclic) bond motifs is 4. The van der Waals surface area contributed by atoms with E-state index in [1.165, 1.54) is 0 Å². The summed E-state index contributed by atoms with van der Waals surface area (Å²) in [5.41, 5.74) is 9.60. The van der Waals surface area contributed by atoms with Gasteiger partial charge in [0.15, 0.2) is 0 Å². The van der Waals surface area contributed by atoms with Crippen LogP contribution in [0.25, 0.3) is 32.8 Å². The molecular formula is C13H9N5. The van der Waals surface area contributed by atoms with Gasteiger partial charge >= 0.3 is 0 Å². The van der Waals surface area contributed by atoms with Gasteiger partial charge in [-0.3, -0.25) is 4.98 Å². The van der Waals surface area contributed by atoms with Crippen LogP contribution in [0.1, 0.15) is 0 Å². The molecule has 0 radical (unpaired) electrons. The zero-order valence-electron chi connectivity index (χ0n) is 9.38. The second-order valence-corrected chi connectivity index (χ2v) is 4.19. The molecule has 5 heteroatoms. The fraction of sp³-hybridized carbons (Fsp3) is 0. The zero-order chi connectivity index (χ0) is 12.1. The number of rotatable bonds is 0.